The monoisotopic (exact) mass is 203 g/mol. The summed E-state index contributed by atoms with van der Waals surface area (Å²) in [6.45, 7) is 0.245. The Kier molecular flexibility index (Phi) is 1.68. The van der Waals surface area contributed by atoms with Crippen molar-refractivity contribution in [3.8, 4) is 17.2 Å². The van der Waals surface area contributed by atoms with Crippen LogP contribution in [-0.2, 0) is 0 Å². The van der Waals surface area contributed by atoms with E-state index in [1.54, 1.807) is 19.5 Å². The molecule has 76 valence electrons. The zero-order chi connectivity index (χ0) is 10.3. The van der Waals surface area contributed by atoms with Gasteiger partial charge in [-0.3, -0.25) is 4.98 Å². The molecule has 0 spiro atoms. The lowest BCUT2D eigenvalue weighted by Crippen LogP contribution is -1.94. The van der Waals surface area contributed by atoms with Gasteiger partial charge in [0.25, 0.3) is 0 Å². The van der Waals surface area contributed by atoms with Gasteiger partial charge in [-0.15, -0.1) is 0 Å². The van der Waals surface area contributed by atoms with Crippen LogP contribution < -0.4 is 14.2 Å². The fourth-order valence-corrected chi connectivity index (χ4v) is 1.76. The Morgan fingerprint density at radius 1 is 1.40 bits per heavy atom. The molecule has 2 heterocycles. The molecule has 0 fully saturated rings. The Labute approximate surface area is 86.4 Å². The average molecular weight is 203 g/mol. The summed E-state index contributed by atoms with van der Waals surface area (Å²) >= 11 is 0. The third-order valence-electron chi connectivity index (χ3n) is 2.44. The van der Waals surface area contributed by atoms with Gasteiger partial charge in [-0.1, -0.05) is 0 Å². The number of methoxy groups -OCH3 is 1. The molecule has 0 radical (unpaired) electrons. The number of ether oxygens (including phenoxy) is 3. The maximum Gasteiger partial charge on any atom is 0.231 e. The van der Waals surface area contributed by atoms with Crippen molar-refractivity contribution in [3.05, 3.63) is 24.5 Å². The molecule has 0 saturated carbocycles. The van der Waals surface area contributed by atoms with Crippen molar-refractivity contribution >= 4 is 10.8 Å². The minimum absolute atomic E-state index is 0.245. The van der Waals surface area contributed by atoms with Crippen molar-refractivity contribution in [2.24, 2.45) is 0 Å². The van der Waals surface area contributed by atoms with Crippen LogP contribution in [0, 0.1) is 0 Å². The fraction of sp³-hybridized carbons (Fsp3) is 0.182. The summed E-state index contributed by atoms with van der Waals surface area (Å²) in [6, 6.07) is 3.85. The molecule has 3 rings (SSSR count). The molecule has 0 N–H and O–H groups in total. The van der Waals surface area contributed by atoms with Crippen molar-refractivity contribution in [1.29, 1.82) is 0 Å². The van der Waals surface area contributed by atoms with E-state index in [1.807, 2.05) is 12.1 Å². The smallest absolute Gasteiger partial charge is 0.231 e. The molecule has 4 nitrogen and oxygen atoms in total. The highest BCUT2D eigenvalue weighted by atomic mass is 16.7. The highest BCUT2D eigenvalue weighted by molar-refractivity contribution is 5.92. The van der Waals surface area contributed by atoms with E-state index < -0.39 is 0 Å². The van der Waals surface area contributed by atoms with Gasteiger partial charge in [0, 0.05) is 17.8 Å². The van der Waals surface area contributed by atoms with Gasteiger partial charge >= 0.3 is 0 Å². The summed E-state index contributed by atoms with van der Waals surface area (Å²) in [7, 11) is 1.61. The molecule has 0 bridgehead atoms. The van der Waals surface area contributed by atoms with E-state index in [1.165, 1.54) is 0 Å². The van der Waals surface area contributed by atoms with Crippen LogP contribution in [0.4, 0.5) is 0 Å². The van der Waals surface area contributed by atoms with Gasteiger partial charge in [-0.25, -0.2) is 0 Å². The van der Waals surface area contributed by atoms with Crippen LogP contribution in [0.3, 0.4) is 0 Å². The van der Waals surface area contributed by atoms with Crippen molar-refractivity contribution < 1.29 is 14.2 Å². The van der Waals surface area contributed by atoms with Crippen LogP contribution in [0.2, 0.25) is 0 Å². The number of hydrogen-bond donors (Lipinski definition) is 0. The number of rotatable bonds is 1. The predicted molar refractivity (Wildman–Crippen MR) is 54.4 cm³/mol. The summed E-state index contributed by atoms with van der Waals surface area (Å²) < 4.78 is 16.0. The number of nitrogens with zero attached hydrogens (tertiary/aromatic N) is 1. The number of aromatic nitrogens is 1. The van der Waals surface area contributed by atoms with Gasteiger partial charge in [0.15, 0.2) is 11.5 Å². The molecule has 1 aromatic heterocycles. The van der Waals surface area contributed by atoms with Crippen LogP contribution in [0.5, 0.6) is 17.2 Å². The van der Waals surface area contributed by atoms with Crippen LogP contribution in [0.1, 0.15) is 0 Å². The first-order chi connectivity index (χ1) is 7.40. The Morgan fingerprint density at radius 2 is 2.33 bits per heavy atom. The highest BCUT2D eigenvalue weighted by Gasteiger charge is 2.21. The van der Waals surface area contributed by atoms with Gasteiger partial charge in [0.2, 0.25) is 12.5 Å². The van der Waals surface area contributed by atoms with Crippen LogP contribution >= 0.6 is 0 Å². The lowest BCUT2D eigenvalue weighted by atomic mass is 10.1. The summed E-state index contributed by atoms with van der Waals surface area (Å²) in [5.74, 6) is 2.08. The van der Waals surface area contributed by atoms with Crippen LogP contribution in [0.15, 0.2) is 24.5 Å². The first kappa shape index (κ1) is 8.35. The van der Waals surface area contributed by atoms with E-state index >= 15 is 0 Å². The number of hydrogen-bond acceptors (Lipinski definition) is 4. The van der Waals surface area contributed by atoms with Crippen LogP contribution in [0.25, 0.3) is 10.8 Å². The number of benzene rings is 1. The SMILES string of the molecule is COc1c2c(cc3ccncc13)OCO2. The Morgan fingerprint density at radius 3 is 3.20 bits per heavy atom. The van der Waals surface area contributed by atoms with Crippen molar-refractivity contribution in [2.45, 2.75) is 0 Å². The molecule has 15 heavy (non-hydrogen) atoms. The number of fused-ring (bicyclic) bond motifs is 2. The molecule has 0 unspecified atom stereocenters. The zero-order valence-corrected chi connectivity index (χ0v) is 8.19. The average Bonchev–Trinajstić information content (AvgIpc) is 2.73. The Balaban J connectivity index is 2.41. The van der Waals surface area contributed by atoms with Gasteiger partial charge in [0.05, 0.1) is 7.11 Å². The van der Waals surface area contributed by atoms with Crippen molar-refractivity contribution in [2.75, 3.05) is 13.9 Å². The Hall–Kier alpha value is -1.97. The minimum atomic E-state index is 0.245. The van der Waals surface area contributed by atoms with Crippen molar-refractivity contribution in [1.82, 2.24) is 4.98 Å². The van der Waals surface area contributed by atoms with Gasteiger partial charge < -0.3 is 14.2 Å². The highest BCUT2D eigenvalue weighted by Crippen LogP contribution is 2.45. The zero-order valence-electron chi connectivity index (χ0n) is 8.19. The minimum Gasteiger partial charge on any atom is -0.492 e. The van der Waals surface area contributed by atoms with E-state index in [4.69, 9.17) is 14.2 Å². The topological polar surface area (TPSA) is 40.6 Å². The second-order valence-corrected chi connectivity index (χ2v) is 3.24. The third-order valence-corrected chi connectivity index (χ3v) is 2.44. The number of pyridine rings is 1. The molecule has 1 aliphatic heterocycles. The second-order valence-electron chi connectivity index (χ2n) is 3.24. The van der Waals surface area contributed by atoms with E-state index in [9.17, 15) is 0 Å². The normalized spacial score (nSPS) is 13.1. The van der Waals surface area contributed by atoms with Gasteiger partial charge in [-0.05, 0) is 17.5 Å². The Bertz CT molecular complexity index is 524. The molecular weight excluding hydrogens is 194 g/mol. The van der Waals surface area contributed by atoms with E-state index in [2.05, 4.69) is 4.98 Å². The predicted octanol–water partition coefficient (Wildman–Crippen LogP) is 1.97. The first-order valence-corrected chi connectivity index (χ1v) is 4.60. The van der Waals surface area contributed by atoms with E-state index in [0.717, 1.165) is 16.5 Å². The maximum atomic E-state index is 5.35. The van der Waals surface area contributed by atoms with Gasteiger partial charge in [0.1, 0.15) is 0 Å². The largest absolute Gasteiger partial charge is 0.492 e. The van der Waals surface area contributed by atoms with Crippen LogP contribution in [-0.4, -0.2) is 18.9 Å². The molecular formula is C11H9NO3. The fourth-order valence-electron chi connectivity index (χ4n) is 1.76. The quantitative estimate of drug-likeness (QED) is 0.710. The lowest BCUT2D eigenvalue weighted by molar-refractivity contribution is 0.171. The summed E-state index contributed by atoms with van der Waals surface area (Å²) in [4.78, 5) is 4.07. The maximum absolute atomic E-state index is 5.35. The molecule has 4 heteroatoms. The lowest BCUT2D eigenvalue weighted by Gasteiger charge is -2.07. The third kappa shape index (κ3) is 1.11. The van der Waals surface area contributed by atoms with E-state index in [0.29, 0.717) is 11.5 Å². The standard InChI is InChI=1S/C11H9NO3/c1-13-10-8-5-12-3-2-7(8)4-9-11(10)15-6-14-9/h2-5H,6H2,1H3. The van der Waals surface area contributed by atoms with Crippen molar-refractivity contribution in [3.63, 3.8) is 0 Å². The summed E-state index contributed by atoms with van der Waals surface area (Å²) in [5, 5.41) is 1.97. The van der Waals surface area contributed by atoms with E-state index in [-0.39, 0.29) is 6.79 Å². The molecule has 1 aromatic carbocycles. The molecule has 1 aliphatic rings. The van der Waals surface area contributed by atoms with Gasteiger partial charge in [-0.2, -0.15) is 0 Å². The molecule has 0 aliphatic carbocycles. The second kappa shape index (κ2) is 3.02. The first-order valence-electron chi connectivity index (χ1n) is 4.60. The molecule has 0 atom stereocenters. The molecule has 0 amide bonds. The molecule has 0 saturated heterocycles. The molecule has 2 aromatic rings. The summed E-state index contributed by atoms with van der Waals surface area (Å²) in [6.07, 6.45) is 3.50. The summed E-state index contributed by atoms with van der Waals surface area (Å²) in [5.41, 5.74) is 0.